The highest BCUT2D eigenvalue weighted by atomic mass is 19.1. The second kappa shape index (κ2) is 9.65. The van der Waals surface area contributed by atoms with E-state index in [-0.39, 0.29) is 41.5 Å². The van der Waals surface area contributed by atoms with Crippen molar-refractivity contribution >= 4 is 11.9 Å². The Kier molecular flexibility index (Phi) is 6.97. The molecule has 0 aliphatic carbocycles. The Morgan fingerprint density at radius 3 is 2.67 bits per heavy atom. The summed E-state index contributed by atoms with van der Waals surface area (Å²) < 4.78 is 18.7. The number of carboxylic acid groups (broad SMARTS) is 1. The van der Waals surface area contributed by atoms with Crippen molar-refractivity contribution < 1.29 is 23.8 Å². The van der Waals surface area contributed by atoms with E-state index in [0.717, 1.165) is 19.3 Å². The van der Waals surface area contributed by atoms with Crippen molar-refractivity contribution in [3.05, 3.63) is 53.4 Å². The number of likely N-dealkylation sites (tertiary alicyclic amines) is 1. The predicted octanol–water partition coefficient (Wildman–Crippen LogP) is 3.99. The Morgan fingerprint density at radius 1 is 1.27 bits per heavy atom. The summed E-state index contributed by atoms with van der Waals surface area (Å²) in [5.41, 5.74) is 0.162. The van der Waals surface area contributed by atoms with Crippen LogP contribution in [0.4, 0.5) is 4.39 Å². The van der Waals surface area contributed by atoms with E-state index >= 15 is 0 Å². The second-order valence-electron chi connectivity index (χ2n) is 7.83. The number of amides is 1. The average molecular weight is 415 g/mol. The van der Waals surface area contributed by atoms with Crippen molar-refractivity contribution in [1.82, 2.24) is 14.9 Å². The van der Waals surface area contributed by atoms with Gasteiger partial charge in [0.2, 0.25) is 5.91 Å². The third kappa shape index (κ3) is 5.31. The van der Waals surface area contributed by atoms with Crippen molar-refractivity contribution in [3.63, 3.8) is 0 Å². The van der Waals surface area contributed by atoms with Gasteiger partial charge in [0.25, 0.3) is 0 Å². The zero-order valence-corrected chi connectivity index (χ0v) is 17.2. The molecule has 0 saturated carbocycles. The number of hydrogen-bond donors (Lipinski definition) is 1. The Bertz CT molecular complexity index is 902. The molecule has 1 aromatic heterocycles. The summed E-state index contributed by atoms with van der Waals surface area (Å²) in [6, 6.07) is 5.17. The Morgan fingerprint density at radius 2 is 2.00 bits per heavy atom. The Balaban J connectivity index is 1.85. The summed E-state index contributed by atoms with van der Waals surface area (Å²) in [7, 11) is 0. The minimum atomic E-state index is -1.16. The molecule has 1 aliphatic rings. The lowest BCUT2D eigenvalue weighted by molar-refractivity contribution is -0.136. The lowest BCUT2D eigenvalue weighted by atomic mass is 9.99. The average Bonchev–Trinajstić information content (AvgIpc) is 2.72. The van der Waals surface area contributed by atoms with E-state index in [1.807, 2.05) is 18.7 Å². The molecule has 2 heterocycles. The molecule has 1 amide bonds. The Hall–Kier alpha value is -3.03. The van der Waals surface area contributed by atoms with Gasteiger partial charge in [-0.05, 0) is 49.4 Å². The van der Waals surface area contributed by atoms with Crippen molar-refractivity contribution in [2.75, 3.05) is 6.54 Å². The van der Waals surface area contributed by atoms with Crippen LogP contribution in [0.5, 0.6) is 5.75 Å². The maximum atomic E-state index is 13.1. The van der Waals surface area contributed by atoms with Crippen molar-refractivity contribution in [2.24, 2.45) is 5.92 Å². The number of hydrogen-bond acceptors (Lipinski definition) is 5. The molecular weight excluding hydrogens is 389 g/mol. The quantitative estimate of drug-likeness (QED) is 0.735. The normalized spacial score (nSPS) is 16.5. The standard InChI is InChI=1S/C22H26FN3O4/c1-14(2)11-20(27)26-10-4-3-5-19(26)21-24-12-17(22(28)29)18(25-21)13-30-16-8-6-15(23)7-9-16/h6-9,12,14,19H,3-5,10-11,13H2,1-2H3,(H,28,29)/t19-/m0/s1. The molecule has 1 aliphatic heterocycles. The van der Waals surface area contributed by atoms with Gasteiger partial charge in [-0.1, -0.05) is 13.8 Å². The van der Waals surface area contributed by atoms with Gasteiger partial charge >= 0.3 is 5.97 Å². The number of benzene rings is 1. The van der Waals surface area contributed by atoms with Gasteiger partial charge in [0.1, 0.15) is 23.7 Å². The smallest absolute Gasteiger partial charge is 0.339 e. The lowest BCUT2D eigenvalue weighted by Gasteiger charge is -2.35. The first kappa shape index (κ1) is 21.7. The number of carbonyl (C=O) groups excluding carboxylic acids is 1. The molecule has 30 heavy (non-hydrogen) atoms. The van der Waals surface area contributed by atoms with Gasteiger partial charge in [0.15, 0.2) is 5.82 Å². The zero-order valence-electron chi connectivity index (χ0n) is 17.2. The monoisotopic (exact) mass is 415 g/mol. The third-order valence-electron chi connectivity index (χ3n) is 5.01. The first-order valence-electron chi connectivity index (χ1n) is 10.1. The first-order chi connectivity index (χ1) is 14.3. The largest absolute Gasteiger partial charge is 0.487 e. The molecule has 160 valence electrons. The number of carboxylic acids is 1. The molecule has 1 fully saturated rings. The van der Waals surface area contributed by atoms with Crippen LogP contribution in [0, 0.1) is 11.7 Å². The van der Waals surface area contributed by atoms with Crippen molar-refractivity contribution in [2.45, 2.75) is 52.2 Å². The predicted molar refractivity (Wildman–Crippen MR) is 107 cm³/mol. The van der Waals surface area contributed by atoms with Crippen molar-refractivity contribution in [1.29, 1.82) is 0 Å². The number of ether oxygens (including phenoxy) is 1. The summed E-state index contributed by atoms with van der Waals surface area (Å²) in [5.74, 6) is -0.411. The van der Waals surface area contributed by atoms with Crippen LogP contribution in [0.3, 0.4) is 0 Å². The van der Waals surface area contributed by atoms with Crippen LogP contribution in [0.2, 0.25) is 0 Å². The minimum absolute atomic E-state index is 0.0586. The lowest BCUT2D eigenvalue weighted by Crippen LogP contribution is -2.40. The fourth-order valence-electron chi connectivity index (χ4n) is 3.53. The molecule has 0 radical (unpaired) electrons. The van der Waals surface area contributed by atoms with E-state index in [4.69, 9.17) is 4.74 Å². The molecule has 1 N–H and O–H groups in total. The van der Waals surface area contributed by atoms with Gasteiger partial charge < -0.3 is 14.7 Å². The molecule has 0 bridgehead atoms. The molecule has 1 atom stereocenters. The van der Waals surface area contributed by atoms with Crippen LogP contribution in [0.15, 0.2) is 30.5 Å². The van der Waals surface area contributed by atoms with E-state index in [1.165, 1.54) is 30.5 Å². The van der Waals surface area contributed by atoms with Crippen LogP contribution in [-0.4, -0.2) is 38.4 Å². The van der Waals surface area contributed by atoms with E-state index < -0.39 is 5.97 Å². The summed E-state index contributed by atoms with van der Waals surface area (Å²) in [4.78, 5) is 34.9. The SMILES string of the molecule is CC(C)CC(=O)N1CCCC[C@H]1c1ncc(C(=O)O)c(COc2ccc(F)cc2)n1. The molecule has 0 spiro atoms. The summed E-state index contributed by atoms with van der Waals surface area (Å²) in [5, 5.41) is 9.49. The number of nitrogens with zero attached hydrogens (tertiary/aromatic N) is 3. The van der Waals surface area contributed by atoms with Gasteiger partial charge in [-0.2, -0.15) is 0 Å². The van der Waals surface area contributed by atoms with Gasteiger partial charge in [0.05, 0.1) is 11.7 Å². The van der Waals surface area contributed by atoms with E-state index in [2.05, 4.69) is 9.97 Å². The van der Waals surface area contributed by atoms with Crippen LogP contribution < -0.4 is 4.74 Å². The highest BCUT2D eigenvalue weighted by molar-refractivity contribution is 5.88. The minimum Gasteiger partial charge on any atom is -0.487 e. The third-order valence-corrected chi connectivity index (χ3v) is 5.01. The maximum Gasteiger partial charge on any atom is 0.339 e. The first-order valence-corrected chi connectivity index (χ1v) is 10.1. The Labute approximate surface area is 174 Å². The molecule has 7 nitrogen and oxygen atoms in total. The topological polar surface area (TPSA) is 92.6 Å². The molecule has 0 unspecified atom stereocenters. The second-order valence-corrected chi connectivity index (χ2v) is 7.83. The highest BCUT2D eigenvalue weighted by Crippen LogP contribution is 2.30. The van der Waals surface area contributed by atoms with E-state index in [0.29, 0.717) is 24.5 Å². The maximum absolute atomic E-state index is 13.1. The highest BCUT2D eigenvalue weighted by Gasteiger charge is 2.31. The van der Waals surface area contributed by atoms with E-state index in [9.17, 15) is 19.1 Å². The van der Waals surface area contributed by atoms with Gasteiger partial charge in [-0.3, -0.25) is 4.79 Å². The zero-order chi connectivity index (χ0) is 21.7. The molecular formula is C22H26FN3O4. The van der Waals surface area contributed by atoms with Crippen LogP contribution in [0.25, 0.3) is 0 Å². The molecule has 2 aromatic rings. The van der Waals surface area contributed by atoms with Gasteiger partial charge in [-0.25, -0.2) is 19.2 Å². The number of aromatic carboxylic acids is 1. The summed E-state index contributed by atoms with van der Waals surface area (Å²) in [6.45, 7) is 4.54. The fraction of sp³-hybridized carbons (Fsp3) is 0.455. The van der Waals surface area contributed by atoms with Gasteiger partial charge in [0, 0.05) is 19.2 Å². The summed E-state index contributed by atoms with van der Waals surface area (Å²) >= 11 is 0. The number of carbonyl (C=O) groups is 2. The summed E-state index contributed by atoms with van der Waals surface area (Å²) in [6.07, 6.45) is 4.32. The molecule has 8 heteroatoms. The fourth-order valence-corrected chi connectivity index (χ4v) is 3.53. The molecule has 1 aromatic carbocycles. The molecule has 3 rings (SSSR count). The number of halogens is 1. The number of rotatable bonds is 7. The van der Waals surface area contributed by atoms with Crippen molar-refractivity contribution in [3.8, 4) is 5.75 Å². The van der Waals surface area contributed by atoms with Crippen LogP contribution in [-0.2, 0) is 11.4 Å². The van der Waals surface area contributed by atoms with E-state index in [1.54, 1.807) is 0 Å². The van der Waals surface area contributed by atoms with Gasteiger partial charge in [-0.15, -0.1) is 0 Å². The van der Waals surface area contributed by atoms with Crippen LogP contribution >= 0.6 is 0 Å². The number of aromatic nitrogens is 2. The molecule has 1 saturated heterocycles. The number of piperidine rings is 1. The van der Waals surface area contributed by atoms with Crippen LogP contribution in [0.1, 0.15) is 67.4 Å².